The minimum Gasteiger partial charge on any atom is -0.504 e. The van der Waals surface area contributed by atoms with E-state index < -0.39 is 0 Å². The Bertz CT molecular complexity index is 624. The van der Waals surface area contributed by atoms with Crippen LogP contribution in [0.1, 0.15) is 35.6 Å². The maximum absolute atomic E-state index is 9.83. The molecule has 0 amide bonds. The number of rotatable bonds is 4. The Balaban J connectivity index is 1.70. The van der Waals surface area contributed by atoms with Crippen LogP contribution < -0.4 is 10.1 Å². The molecular formula is C18H21NO2. The highest BCUT2D eigenvalue weighted by atomic mass is 16.5. The molecule has 3 rings (SSSR count). The summed E-state index contributed by atoms with van der Waals surface area (Å²) in [5.74, 6) is 0.711. The normalized spacial score (nSPS) is 17.3. The van der Waals surface area contributed by atoms with Crippen LogP contribution in [0.3, 0.4) is 0 Å². The predicted molar refractivity (Wildman–Crippen MR) is 83.6 cm³/mol. The zero-order valence-electron chi connectivity index (χ0n) is 12.3. The third-order valence-corrected chi connectivity index (χ3v) is 4.17. The number of ether oxygens (including phenoxy) is 1. The standard InChI is InChI=1S/C18H21NO2/c1-21-18-10-9-13(11-17(18)20)12-19-16-8-4-6-14-5-2-3-7-15(14)16/h2-3,5,7,9-11,16,19-20H,4,6,8,12H2,1H3. The SMILES string of the molecule is COc1ccc(CNC2CCCc3ccccc32)cc1O. The third kappa shape index (κ3) is 3.03. The van der Waals surface area contributed by atoms with Crippen LogP contribution in [0.4, 0.5) is 0 Å². The number of aromatic hydroxyl groups is 1. The molecule has 0 saturated carbocycles. The van der Waals surface area contributed by atoms with Crippen LogP contribution in [0, 0.1) is 0 Å². The van der Waals surface area contributed by atoms with Crippen molar-refractivity contribution in [2.24, 2.45) is 0 Å². The molecule has 2 aromatic carbocycles. The highest BCUT2D eigenvalue weighted by Crippen LogP contribution is 2.30. The molecular weight excluding hydrogens is 262 g/mol. The molecule has 1 atom stereocenters. The topological polar surface area (TPSA) is 41.5 Å². The van der Waals surface area contributed by atoms with Gasteiger partial charge >= 0.3 is 0 Å². The number of methoxy groups -OCH3 is 1. The van der Waals surface area contributed by atoms with Crippen molar-refractivity contribution in [2.75, 3.05) is 7.11 Å². The quantitative estimate of drug-likeness (QED) is 0.901. The summed E-state index contributed by atoms with van der Waals surface area (Å²) >= 11 is 0. The van der Waals surface area contributed by atoms with E-state index in [0.717, 1.165) is 12.1 Å². The van der Waals surface area contributed by atoms with Crippen molar-refractivity contribution in [1.29, 1.82) is 0 Å². The summed E-state index contributed by atoms with van der Waals surface area (Å²) in [4.78, 5) is 0. The number of hydrogen-bond donors (Lipinski definition) is 2. The highest BCUT2D eigenvalue weighted by Gasteiger charge is 2.19. The van der Waals surface area contributed by atoms with Gasteiger partial charge in [0.2, 0.25) is 0 Å². The second-order valence-electron chi connectivity index (χ2n) is 5.53. The van der Waals surface area contributed by atoms with Crippen LogP contribution in [-0.2, 0) is 13.0 Å². The lowest BCUT2D eigenvalue weighted by atomic mass is 9.87. The lowest BCUT2D eigenvalue weighted by Crippen LogP contribution is -2.24. The number of benzene rings is 2. The van der Waals surface area contributed by atoms with Crippen molar-refractivity contribution >= 4 is 0 Å². The van der Waals surface area contributed by atoms with Crippen LogP contribution >= 0.6 is 0 Å². The molecule has 110 valence electrons. The molecule has 0 aliphatic heterocycles. The number of aryl methyl sites for hydroxylation is 1. The summed E-state index contributed by atoms with van der Waals surface area (Å²) in [6.07, 6.45) is 3.57. The first-order valence-electron chi connectivity index (χ1n) is 7.45. The van der Waals surface area contributed by atoms with Gasteiger partial charge in [-0.3, -0.25) is 0 Å². The fourth-order valence-corrected chi connectivity index (χ4v) is 3.05. The Labute approximate surface area is 125 Å². The Morgan fingerprint density at radius 3 is 2.90 bits per heavy atom. The van der Waals surface area contributed by atoms with Crippen LogP contribution in [0.15, 0.2) is 42.5 Å². The van der Waals surface area contributed by atoms with Gasteiger partial charge in [-0.1, -0.05) is 30.3 Å². The lowest BCUT2D eigenvalue weighted by molar-refractivity contribution is 0.372. The number of fused-ring (bicyclic) bond motifs is 1. The Hall–Kier alpha value is -2.00. The fraction of sp³-hybridized carbons (Fsp3) is 0.333. The van der Waals surface area contributed by atoms with Crippen LogP contribution in [0.2, 0.25) is 0 Å². The number of hydrogen-bond acceptors (Lipinski definition) is 3. The molecule has 3 heteroatoms. The third-order valence-electron chi connectivity index (χ3n) is 4.17. The minimum absolute atomic E-state index is 0.195. The van der Waals surface area contributed by atoms with Gasteiger partial charge in [-0.15, -0.1) is 0 Å². The van der Waals surface area contributed by atoms with Crippen LogP contribution in [0.5, 0.6) is 11.5 Å². The molecule has 3 nitrogen and oxygen atoms in total. The Kier molecular flexibility index (Phi) is 4.11. The van der Waals surface area contributed by atoms with Crippen LogP contribution in [-0.4, -0.2) is 12.2 Å². The molecule has 2 aromatic rings. The van der Waals surface area contributed by atoms with E-state index in [1.165, 1.54) is 30.4 Å². The molecule has 1 unspecified atom stereocenters. The van der Waals surface area contributed by atoms with Crippen molar-refractivity contribution in [1.82, 2.24) is 5.32 Å². The van der Waals surface area contributed by atoms with E-state index in [2.05, 4.69) is 29.6 Å². The first kappa shape index (κ1) is 14.0. The largest absolute Gasteiger partial charge is 0.504 e. The first-order valence-corrected chi connectivity index (χ1v) is 7.45. The molecule has 0 bridgehead atoms. The van der Waals surface area contributed by atoms with Gasteiger partial charge in [-0.2, -0.15) is 0 Å². The van der Waals surface area contributed by atoms with Crippen molar-refractivity contribution in [2.45, 2.75) is 31.8 Å². The average molecular weight is 283 g/mol. The maximum Gasteiger partial charge on any atom is 0.160 e. The summed E-state index contributed by atoms with van der Waals surface area (Å²) in [6, 6.07) is 14.6. The van der Waals surface area contributed by atoms with Gasteiger partial charge in [-0.05, 0) is 48.1 Å². The monoisotopic (exact) mass is 283 g/mol. The van der Waals surface area contributed by atoms with E-state index in [1.54, 1.807) is 19.2 Å². The second-order valence-corrected chi connectivity index (χ2v) is 5.53. The van der Waals surface area contributed by atoms with E-state index in [-0.39, 0.29) is 5.75 Å². The zero-order chi connectivity index (χ0) is 14.7. The summed E-state index contributed by atoms with van der Waals surface area (Å²) in [5, 5.41) is 13.4. The van der Waals surface area contributed by atoms with E-state index in [4.69, 9.17) is 4.74 Å². The van der Waals surface area contributed by atoms with Gasteiger partial charge < -0.3 is 15.2 Å². The van der Waals surface area contributed by atoms with Gasteiger partial charge in [0.15, 0.2) is 11.5 Å². The van der Waals surface area contributed by atoms with Gasteiger partial charge in [-0.25, -0.2) is 0 Å². The molecule has 0 radical (unpaired) electrons. The summed E-state index contributed by atoms with van der Waals surface area (Å²) in [6.45, 7) is 0.747. The van der Waals surface area contributed by atoms with Gasteiger partial charge in [0.05, 0.1) is 7.11 Å². The molecule has 0 spiro atoms. The second kappa shape index (κ2) is 6.19. The fourth-order valence-electron chi connectivity index (χ4n) is 3.05. The highest BCUT2D eigenvalue weighted by molar-refractivity contribution is 5.41. The smallest absolute Gasteiger partial charge is 0.160 e. The van der Waals surface area contributed by atoms with E-state index >= 15 is 0 Å². The summed E-state index contributed by atoms with van der Waals surface area (Å²) < 4.78 is 5.07. The van der Waals surface area contributed by atoms with Gasteiger partial charge in [0, 0.05) is 12.6 Å². The summed E-state index contributed by atoms with van der Waals surface area (Å²) in [7, 11) is 1.56. The van der Waals surface area contributed by atoms with Crippen LogP contribution in [0.25, 0.3) is 0 Å². The van der Waals surface area contributed by atoms with Crippen molar-refractivity contribution in [3.63, 3.8) is 0 Å². The van der Waals surface area contributed by atoms with Gasteiger partial charge in [0.25, 0.3) is 0 Å². The average Bonchev–Trinajstić information content (AvgIpc) is 2.53. The van der Waals surface area contributed by atoms with E-state index in [1.807, 2.05) is 6.07 Å². The number of phenolic OH excluding ortho intramolecular Hbond substituents is 1. The first-order chi connectivity index (χ1) is 10.3. The predicted octanol–water partition coefficient (Wildman–Crippen LogP) is 3.57. The van der Waals surface area contributed by atoms with Crippen molar-refractivity contribution < 1.29 is 9.84 Å². The van der Waals surface area contributed by atoms with Crippen molar-refractivity contribution in [3.05, 3.63) is 59.2 Å². The van der Waals surface area contributed by atoms with Crippen molar-refractivity contribution in [3.8, 4) is 11.5 Å². The summed E-state index contributed by atoms with van der Waals surface area (Å²) in [5.41, 5.74) is 3.94. The van der Waals surface area contributed by atoms with Gasteiger partial charge in [0.1, 0.15) is 0 Å². The molecule has 1 aliphatic rings. The zero-order valence-corrected chi connectivity index (χ0v) is 12.3. The molecule has 0 heterocycles. The minimum atomic E-state index is 0.195. The maximum atomic E-state index is 9.83. The Morgan fingerprint density at radius 1 is 1.24 bits per heavy atom. The molecule has 1 aliphatic carbocycles. The Morgan fingerprint density at radius 2 is 2.10 bits per heavy atom. The molecule has 0 saturated heterocycles. The molecule has 0 aromatic heterocycles. The van der Waals surface area contributed by atoms with E-state index in [0.29, 0.717) is 11.8 Å². The van der Waals surface area contributed by atoms with E-state index in [9.17, 15) is 5.11 Å². The number of nitrogens with one attached hydrogen (secondary N) is 1. The lowest BCUT2D eigenvalue weighted by Gasteiger charge is -2.26. The molecule has 0 fully saturated rings. The molecule has 2 N–H and O–H groups in total. The molecule has 21 heavy (non-hydrogen) atoms. The number of phenols is 1.